The minimum atomic E-state index is 0.285. The summed E-state index contributed by atoms with van der Waals surface area (Å²) in [6, 6.07) is 2.16. The molecule has 0 bridgehead atoms. The summed E-state index contributed by atoms with van der Waals surface area (Å²) in [6.45, 7) is 5.01. The van der Waals surface area contributed by atoms with Crippen LogP contribution in [0.25, 0.3) is 0 Å². The quantitative estimate of drug-likeness (QED) is 0.664. The maximum absolute atomic E-state index is 12.0. The minimum absolute atomic E-state index is 0.285. The largest absolute Gasteiger partial charge is 0.340 e. The van der Waals surface area contributed by atoms with Gasteiger partial charge in [-0.05, 0) is 19.4 Å². The molecule has 0 atom stereocenters. The van der Waals surface area contributed by atoms with Crippen molar-refractivity contribution in [3.8, 4) is 6.07 Å². The van der Waals surface area contributed by atoms with Crippen molar-refractivity contribution in [1.29, 1.82) is 5.26 Å². The number of carbonyl (C=O) groups is 1. The van der Waals surface area contributed by atoms with Gasteiger partial charge in [-0.2, -0.15) is 5.26 Å². The molecule has 1 aliphatic heterocycles. The lowest BCUT2D eigenvalue weighted by molar-refractivity contribution is -0.133. The van der Waals surface area contributed by atoms with Gasteiger partial charge in [-0.15, -0.1) is 0 Å². The van der Waals surface area contributed by atoms with Gasteiger partial charge in [0.15, 0.2) is 0 Å². The van der Waals surface area contributed by atoms with Crippen LogP contribution in [0.15, 0.2) is 0 Å². The molecule has 1 saturated heterocycles. The highest BCUT2D eigenvalue weighted by Crippen LogP contribution is 2.08. The van der Waals surface area contributed by atoms with E-state index in [1.807, 2.05) is 4.90 Å². The molecular formula is C14H26N4O. The SMILES string of the molecule is N#CCCN1CCN(C(=O)CCCCCCN)CC1. The Hall–Kier alpha value is -1.12. The van der Waals surface area contributed by atoms with Crippen molar-refractivity contribution in [3.05, 3.63) is 0 Å². The molecule has 108 valence electrons. The molecule has 0 radical (unpaired) electrons. The Morgan fingerprint density at radius 1 is 1.11 bits per heavy atom. The molecule has 0 aromatic heterocycles. The average molecular weight is 266 g/mol. The number of hydrogen-bond acceptors (Lipinski definition) is 4. The third kappa shape index (κ3) is 6.55. The van der Waals surface area contributed by atoms with Crippen LogP contribution in [0.3, 0.4) is 0 Å². The molecule has 2 N–H and O–H groups in total. The normalized spacial score (nSPS) is 16.3. The molecule has 0 aromatic carbocycles. The molecule has 1 heterocycles. The van der Waals surface area contributed by atoms with Gasteiger partial charge in [0.2, 0.25) is 5.91 Å². The number of nitrogens with zero attached hydrogens (tertiary/aromatic N) is 3. The van der Waals surface area contributed by atoms with E-state index in [0.29, 0.717) is 12.8 Å². The molecule has 0 unspecified atom stereocenters. The van der Waals surface area contributed by atoms with E-state index in [4.69, 9.17) is 11.0 Å². The number of hydrogen-bond donors (Lipinski definition) is 1. The molecule has 0 aliphatic carbocycles. The topological polar surface area (TPSA) is 73.4 Å². The first-order chi connectivity index (χ1) is 9.27. The zero-order valence-electron chi connectivity index (χ0n) is 11.8. The summed E-state index contributed by atoms with van der Waals surface area (Å²) in [7, 11) is 0. The van der Waals surface area contributed by atoms with Crippen molar-refractivity contribution in [3.63, 3.8) is 0 Å². The Morgan fingerprint density at radius 2 is 1.79 bits per heavy atom. The first kappa shape index (κ1) is 15.9. The van der Waals surface area contributed by atoms with E-state index in [9.17, 15) is 4.79 Å². The van der Waals surface area contributed by atoms with Crippen molar-refractivity contribution in [2.24, 2.45) is 5.73 Å². The van der Waals surface area contributed by atoms with Crippen molar-refractivity contribution < 1.29 is 4.79 Å². The van der Waals surface area contributed by atoms with Crippen LogP contribution in [0, 0.1) is 11.3 Å². The number of nitrogens with two attached hydrogens (primary N) is 1. The summed E-state index contributed by atoms with van der Waals surface area (Å²) in [5.41, 5.74) is 5.44. The van der Waals surface area contributed by atoms with Gasteiger partial charge in [0.1, 0.15) is 0 Å². The molecule has 0 aromatic rings. The maximum atomic E-state index is 12.0. The fourth-order valence-electron chi connectivity index (χ4n) is 2.36. The number of unbranched alkanes of at least 4 members (excludes halogenated alkanes) is 3. The van der Waals surface area contributed by atoms with E-state index in [0.717, 1.165) is 65.0 Å². The van der Waals surface area contributed by atoms with E-state index in [2.05, 4.69) is 11.0 Å². The Balaban J connectivity index is 2.09. The van der Waals surface area contributed by atoms with Crippen LogP contribution in [0.2, 0.25) is 0 Å². The van der Waals surface area contributed by atoms with Crippen molar-refractivity contribution in [1.82, 2.24) is 9.80 Å². The van der Waals surface area contributed by atoms with Crippen molar-refractivity contribution in [2.45, 2.75) is 38.5 Å². The second-order valence-corrected chi connectivity index (χ2v) is 5.08. The molecule has 1 rings (SSSR count). The van der Waals surface area contributed by atoms with Crippen LogP contribution in [0.5, 0.6) is 0 Å². The Bertz CT molecular complexity index is 292. The van der Waals surface area contributed by atoms with Gasteiger partial charge in [-0.3, -0.25) is 9.69 Å². The molecule has 1 fully saturated rings. The Morgan fingerprint density at radius 3 is 2.42 bits per heavy atom. The number of nitriles is 1. The van der Waals surface area contributed by atoms with Crippen LogP contribution in [-0.4, -0.2) is 55.0 Å². The molecule has 0 spiro atoms. The van der Waals surface area contributed by atoms with E-state index in [1.165, 1.54) is 0 Å². The average Bonchev–Trinajstić information content (AvgIpc) is 2.45. The highest BCUT2D eigenvalue weighted by Gasteiger charge is 2.19. The fourth-order valence-corrected chi connectivity index (χ4v) is 2.36. The van der Waals surface area contributed by atoms with Gasteiger partial charge in [-0.1, -0.05) is 12.8 Å². The second kappa shape index (κ2) is 9.76. The highest BCUT2D eigenvalue weighted by atomic mass is 16.2. The molecule has 0 saturated carbocycles. The lowest BCUT2D eigenvalue weighted by atomic mass is 10.1. The fraction of sp³-hybridized carbons (Fsp3) is 0.857. The standard InChI is InChI=1S/C14H26N4O/c15-7-4-2-1-3-6-14(19)18-12-10-17(11-13-18)9-5-8-16/h1-7,9-13,15H2. The van der Waals surface area contributed by atoms with E-state index in [-0.39, 0.29) is 5.91 Å². The third-order valence-corrected chi connectivity index (χ3v) is 3.61. The lowest BCUT2D eigenvalue weighted by Gasteiger charge is -2.34. The summed E-state index contributed by atoms with van der Waals surface area (Å²) >= 11 is 0. The van der Waals surface area contributed by atoms with E-state index in [1.54, 1.807) is 0 Å². The first-order valence-electron chi connectivity index (χ1n) is 7.35. The number of amides is 1. The number of piperazine rings is 1. The predicted octanol–water partition coefficient (Wildman–Crippen LogP) is 0.953. The number of rotatable bonds is 8. The second-order valence-electron chi connectivity index (χ2n) is 5.08. The molecule has 19 heavy (non-hydrogen) atoms. The number of carbonyl (C=O) groups excluding carboxylic acids is 1. The molecule has 5 nitrogen and oxygen atoms in total. The molecule has 5 heteroatoms. The zero-order valence-corrected chi connectivity index (χ0v) is 11.8. The summed E-state index contributed by atoms with van der Waals surface area (Å²) < 4.78 is 0. The minimum Gasteiger partial charge on any atom is -0.340 e. The monoisotopic (exact) mass is 266 g/mol. The molecule has 1 aliphatic rings. The van der Waals surface area contributed by atoms with E-state index < -0.39 is 0 Å². The van der Waals surface area contributed by atoms with Crippen LogP contribution in [0.1, 0.15) is 38.5 Å². The van der Waals surface area contributed by atoms with Gasteiger partial charge in [0.05, 0.1) is 6.07 Å². The molecule has 1 amide bonds. The summed E-state index contributed by atoms with van der Waals surface area (Å²) in [4.78, 5) is 16.2. The summed E-state index contributed by atoms with van der Waals surface area (Å²) in [6.07, 6.45) is 5.52. The smallest absolute Gasteiger partial charge is 0.222 e. The van der Waals surface area contributed by atoms with Crippen LogP contribution >= 0.6 is 0 Å². The Labute approximate surface area is 116 Å². The van der Waals surface area contributed by atoms with Crippen LogP contribution in [0.4, 0.5) is 0 Å². The van der Waals surface area contributed by atoms with Crippen molar-refractivity contribution in [2.75, 3.05) is 39.3 Å². The van der Waals surface area contributed by atoms with Gasteiger partial charge in [0, 0.05) is 45.6 Å². The van der Waals surface area contributed by atoms with Gasteiger partial charge < -0.3 is 10.6 Å². The maximum Gasteiger partial charge on any atom is 0.222 e. The molecular weight excluding hydrogens is 240 g/mol. The summed E-state index contributed by atoms with van der Waals surface area (Å²) in [5, 5.41) is 8.55. The van der Waals surface area contributed by atoms with Gasteiger partial charge >= 0.3 is 0 Å². The third-order valence-electron chi connectivity index (χ3n) is 3.61. The van der Waals surface area contributed by atoms with Gasteiger partial charge in [-0.25, -0.2) is 0 Å². The lowest BCUT2D eigenvalue weighted by Crippen LogP contribution is -2.48. The Kier molecular flexibility index (Phi) is 8.19. The van der Waals surface area contributed by atoms with Crippen LogP contribution < -0.4 is 5.73 Å². The van der Waals surface area contributed by atoms with E-state index >= 15 is 0 Å². The first-order valence-corrected chi connectivity index (χ1v) is 7.35. The van der Waals surface area contributed by atoms with Gasteiger partial charge in [0.25, 0.3) is 0 Å². The van der Waals surface area contributed by atoms with Crippen molar-refractivity contribution >= 4 is 5.91 Å². The highest BCUT2D eigenvalue weighted by molar-refractivity contribution is 5.76. The zero-order chi connectivity index (χ0) is 13.9. The van der Waals surface area contributed by atoms with Crippen LogP contribution in [-0.2, 0) is 4.79 Å². The predicted molar refractivity (Wildman–Crippen MR) is 75.4 cm³/mol. The summed E-state index contributed by atoms with van der Waals surface area (Å²) in [5.74, 6) is 0.285.